The standard InChI is InChI=1S/C20H22N4O3/c25-16-7-9-24(10-8-16)13-17-11-19(23-27-17)20(26)21-12-15-6-5-14-3-1-2-4-18(14)22-15/h1-6,11,16,25H,7-10,12-13H2,(H,21,26). The monoisotopic (exact) mass is 366 g/mol. The van der Waals surface area contributed by atoms with E-state index in [-0.39, 0.29) is 17.7 Å². The van der Waals surface area contributed by atoms with Crippen molar-refractivity contribution < 1.29 is 14.4 Å². The van der Waals surface area contributed by atoms with Gasteiger partial charge in [0.05, 0.1) is 30.4 Å². The van der Waals surface area contributed by atoms with E-state index < -0.39 is 0 Å². The van der Waals surface area contributed by atoms with Crippen LogP contribution in [0.1, 0.15) is 34.8 Å². The van der Waals surface area contributed by atoms with Crippen LogP contribution in [-0.4, -0.2) is 45.2 Å². The van der Waals surface area contributed by atoms with Crippen molar-refractivity contribution >= 4 is 16.8 Å². The van der Waals surface area contributed by atoms with Gasteiger partial charge in [-0.1, -0.05) is 29.4 Å². The fourth-order valence-electron chi connectivity index (χ4n) is 3.26. The van der Waals surface area contributed by atoms with Crippen molar-refractivity contribution in [1.29, 1.82) is 0 Å². The van der Waals surface area contributed by atoms with Gasteiger partial charge < -0.3 is 14.9 Å². The highest BCUT2D eigenvalue weighted by molar-refractivity contribution is 5.92. The molecule has 1 aliphatic rings. The van der Waals surface area contributed by atoms with Gasteiger partial charge in [0.15, 0.2) is 11.5 Å². The van der Waals surface area contributed by atoms with Gasteiger partial charge in [-0.25, -0.2) is 0 Å². The predicted molar refractivity (Wildman–Crippen MR) is 99.9 cm³/mol. The number of piperidine rings is 1. The van der Waals surface area contributed by atoms with Crippen molar-refractivity contribution in [3.63, 3.8) is 0 Å². The van der Waals surface area contributed by atoms with Crippen LogP contribution in [0.4, 0.5) is 0 Å². The Morgan fingerprint density at radius 3 is 2.89 bits per heavy atom. The number of rotatable bonds is 5. The summed E-state index contributed by atoms with van der Waals surface area (Å²) in [5.41, 5.74) is 1.96. The Morgan fingerprint density at radius 2 is 2.04 bits per heavy atom. The van der Waals surface area contributed by atoms with Crippen molar-refractivity contribution in [2.45, 2.75) is 32.0 Å². The number of para-hydroxylation sites is 1. The molecule has 0 unspecified atom stereocenters. The predicted octanol–water partition coefficient (Wildman–Crippen LogP) is 2.11. The molecule has 1 fully saturated rings. The molecule has 0 radical (unpaired) electrons. The van der Waals surface area contributed by atoms with Gasteiger partial charge in [-0.2, -0.15) is 0 Å². The zero-order valence-electron chi connectivity index (χ0n) is 15.0. The lowest BCUT2D eigenvalue weighted by atomic mass is 10.1. The van der Waals surface area contributed by atoms with Gasteiger partial charge in [0.25, 0.3) is 5.91 Å². The Bertz CT molecular complexity index is 932. The summed E-state index contributed by atoms with van der Waals surface area (Å²) in [7, 11) is 0. The molecule has 3 aromatic rings. The molecule has 7 heteroatoms. The number of benzene rings is 1. The first kappa shape index (κ1) is 17.6. The lowest BCUT2D eigenvalue weighted by Gasteiger charge is -2.28. The number of carbonyl (C=O) groups excluding carboxylic acids is 1. The average molecular weight is 366 g/mol. The summed E-state index contributed by atoms with van der Waals surface area (Å²) in [6, 6.07) is 13.4. The maximum absolute atomic E-state index is 12.3. The summed E-state index contributed by atoms with van der Waals surface area (Å²) >= 11 is 0. The first-order valence-corrected chi connectivity index (χ1v) is 9.16. The van der Waals surface area contributed by atoms with Gasteiger partial charge in [0.1, 0.15) is 0 Å². The number of carbonyl (C=O) groups is 1. The molecule has 7 nitrogen and oxygen atoms in total. The molecular formula is C20H22N4O3. The normalized spacial score (nSPS) is 15.9. The smallest absolute Gasteiger partial charge is 0.273 e. The molecule has 140 valence electrons. The second-order valence-corrected chi connectivity index (χ2v) is 6.86. The van der Waals surface area contributed by atoms with Crippen molar-refractivity contribution in [1.82, 2.24) is 20.4 Å². The number of aliphatic hydroxyl groups is 1. The first-order valence-electron chi connectivity index (χ1n) is 9.16. The molecule has 1 aliphatic heterocycles. The van der Waals surface area contributed by atoms with E-state index in [1.807, 2.05) is 36.4 Å². The average Bonchev–Trinajstić information content (AvgIpc) is 3.16. The maximum atomic E-state index is 12.3. The Labute approximate surface area is 157 Å². The second kappa shape index (κ2) is 7.85. The van der Waals surface area contributed by atoms with E-state index in [2.05, 4.69) is 20.4 Å². The fraction of sp³-hybridized carbons (Fsp3) is 0.350. The summed E-state index contributed by atoms with van der Waals surface area (Å²) < 4.78 is 5.29. The van der Waals surface area contributed by atoms with Crippen LogP contribution in [-0.2, 0) is 13.1 Å². The zero-order chi connectivity index (χ0) is 18.6. The lowest BCUT2D eigenvalue weighted by Crippen LogP contribution is -2.35. The molecule has 0 saturated carbocycles. The molecule has 27 heavy (non-hydrogen) atoms. The highest BCUT2D eigenvalue weighted by atomic mass is 16.5. The molecule has 1 aromatic carbocycles. The third-order valence-electron chi connectivity index (χ3n) is 4.81. The third-order valence-corrected chi connectivity index (χ3v) is 4.81. The Balaban J connectivity index is 1.33. The van der Waals surface area contributed by atoms with Gasteiger partial charge in [0.2, 0.25) is 0 Å². The van der Waals surface area contributed by atoms with Gasteiger partial charge in [0, 0.05) is 24.5 Å². The molecule has 1 saturated heterocycles. The molecule has 0 aliphatic carbocycles. The minimum absolute atomic E-state index is 0.207. The van der Waals surface area contributed by atoms with E-state index >= 15 is 0 Å². The van der Waals surface area contributed by atoms with Crippen LogP contribution in [0.3, 0.4) is 0 Å². The van der Waals surface area contributed by atoms with E-state index in [1.54, 1.807) is 6.07 Å². The quantitative estimate of drug-likeness (QED) is 0.719. The number of likely N-dealkylation sites (tertiary alicyclic amines) is 1. The number of fused-ring (bicyclic) bond motifs is 1. The highest BCUT2D eigenvalue weighted by Gasteiger charge is 2.19. The fourth-order valence-corrected chi connectivity index (χ4v) is 3.26. The van der Waals surface area contributed by atoms with E-state index in [0.29, 0.717) is 18.8 Å². The molecule has 1 amide bonds. The van der Waals surface area contributed by atoms with Crippen LogP contribution in [0.5, 0.6) is 0 Å². The molecule has 0 bridgehead atoms. The van der Waals surface area contributed by atoms with Gasteiger partial charge in [-0.15, -0.1) is 0 Å². The number of pyridine rings is 1. The molecule has 2 aromatic heterocycles. The van der Waals surface area contributed by atoms with Crippen LogP contribution < -0.4 is 5.32 Å². The number of hydrogen-bond acceptors (Lipinski definition) is 6. The van der Waals surface area contributed by atoms with Crippen LogP contribution in [0, 0.1) is 0 Å². The van der Waals surface area contributed by atoms with Gasteiger partial charge >= 0.3 is 0 Å². The third kappa shape index (κ3) is 4.32. The largest absolute Gasteiger partial charge is 0.393 e. The summed E-state index contributed by atoms with van der Waals surface area (Å²) in [5, 5.41) is 17.3. The molecule has 4 rings (SSSR count). The summed E-state index contributed by atoms with van der Waals surface area (Å²) in [4.78, 5) is 19.1. The van der Waals surface area contributed by atoms with E-state index in [4.69, 9.17) is 4.52 Å². The number of amides is 1. The molecule has 0 spiro atoms. The van der Waals surface area contributed by atoms with Crippen LogP contribution in [0.2, 0.25) is 0 Å². The van der Waals surface area contributed by atoms with Crippen molar-refractivity contribution in [3.8, 4) is 0 Å². The maximum Gasteiger partial charge on any atom is 0.273 e. The van der Waals surface area contributed by atoms with Crippen molar-refractivity contribution in [3.05, 3.63) is 59.6 Å². The van der Waals surface area contributed by atoms with E-state index in [0.717, 1.165) is 42.5 Å². The second-order valence-electron chi connectivity index (χ2n) is 6.86. The summed E-state index contributed by atoms with van der Waals surface area (Å²) in [6.07, 6.45) is 1.32. The molecular weight excluding hydrogens is 344 g/mol. The number of nitrogens with one attached hydrogen (secondary N) is 1. The highest BCUT2D eigenvalue weighted by Crippen LogP contribution is 2.15. The number of aromatic nitrogens is 2. The topological polar surface area (TPSA) is 91.5 Å². The van der Waals surface area contributed by atoms with Crippen LogP contribution in [0.25, 0.3) is 10.9 Å². The van der Waals surface area contributed by atoms with Crippen LogP contribution >= 0.6 is 0 Å². The number of aliphatic hydroxyl groups excluding tert-OH is 1. The summed E-state index contributed by atoms with van der Waals surface area (Å²) in [6.45, 7) is 2.56. The molecule has 2 N–H and O–H groups in total. The van der Waals surface area contributed by atoms with E-state index in [1.165, 1.54) is 0 Å². The van der Waals surface area contributed by atoms with E-state index in [9.17, 15) is 9.90 Å². The first-order chi connectivity index (χ1) is 13.2. The summed E-state index contributed by atoms with van der Waals surface area (Å²) in [5.74, 6) is 0.370. The number of nitrogens with zero attached hydrogens (tertiary/aromatic N) is 3. The van der Waals surface area contributed by atoms with Crippen LogP contribution in [0.15, 0.2) is 47.0 Å². The minimum Gasteiger partial charge on any atom is -0.393 e. The lowest BCUT2D eigenvalue weighted by molar-refractivity contribution is 0.0748. The Hall–Kier alpha value is -2.77. The zero-order valence-corrected chi connectivity index (χ0v) is 15.0. The molecule has 3 heterocycles. The van der Waals surface area contributed by atoms with Crippen molar-refractivity contribution in [2.24, 2.45) is 0 Å². The Morgan fingerprint density at radius 1 is 1.22 bits per heavy atom. The SMILES string of the molecule is O=C(NCc1ccc2ccccc2n1)c1cc(CN2CCC(O)CC2)on1. The van der Waals surface area contributed by atoms with Crippen molar-refractivity contribution in [2.75, 3.05) is 13.1 Å². The number of hydrogen-bond donors (Lipinski definition) is 2. The van der Waals surface area contributed by atoms with Gasteiger partial charge in [-0.3, -0.25) is 14.7 Å². The molecule has 0 atom stereocenters. The Kier molecular flexibility index (Phi) is 5.13. The minimum atomic E-state index is -0.283. The van der Waals surface area contributed by atoms with Gasteiger partial charge in [-0.05, 0) is 25.0 Å².